The topological polar surface area (TPSA) is 102 Å². The molecule has 0 radical (unpaired) electrons. The van der Waals surface area contributed by atoms with E-state index in [1.807, 2.05) is 6.92 Å². The number of carbonyl (C=O) groups is 1. The van der Waals surface area contributed by atoms with E-state index in [9.17, 15) is 9.90 Å². The van der Waals surface area contributed by atoms with E-state index in [0.29, 0.717) is 6.42 Å². The summed E-state index contributed by atoms with van der Waals surface area (Å²) in [5.41, 5.74) is 0. The van der Waals surface area contributed by atoms with E-state index >= 15 is 0 Å². The molecule has 0 bridgehead atoms. The van der Waals surface area contributed by atoms with Crippen LogP contribution in [0.15, 0.2) is 12.2 Å². The molecule has 0 aromatic heterocycles. The van der Waals surface area contributed by atoms with Gasteiger partial charge in [0.2, 0.25) is 0 Å². The zero-order chi connectivity index (χ0) is 39.6. The van der Waals surface area contributed by atoms with Crippen molar-refractivity contribution in [3.63, 3.8) is 0 Å². The van der Waals surface area contributed by atoms with Crippen molar-refractivity contribution in [2.24, 2.45) is 17.8 Å². The minimum atomic E-state index is -2.16. The summed E-state index contributed by atoms with van der Waals surface area (Å²) in [7, 11) is -2.16. The van der Waals surface area contributed by atoms with Crippen LogP contribution in [0.3, 0.4) is 0 Å². The highest BCUT2D eigenvalue weighted by Crippen LogP contribution is 2.48. The Balaban J connectivity index is 1.21. The SMILES string of the molecule is CC(C)[C@H](O)[C@@H](C)/C=C/[C@H]1C[C@@H](C[C@H](C[C@H]2C[C@H](C[C@@H]3C[C@H]([C@@H](C)C=O)OC4(CCCC4)O3)OC3(CCCC3)O2)O[Si](C)(C)C(C)(C)C)OC2(CCCC2)O1. The van der Waals surface area contributed by atoms with Gasteiger partial charge in [-0.25, -0.2) is 0 Å². The number of hydrogen-bond acceptors (Lipinski definition) is 9. The van der Waals surface area contributed by atoms with Gasteiger partial charge in [0.1, 0.15) is 6.29 Å². The summed E-state index contributed by atoms with van der Waals surface area (Å²) in [6.07, 6.45) is 21.5. The summed E-state index contributed by atoms with van der Waals surface area (Å²) in [5, 5.41) is 10.8. The van der Waals surface area contributed by atoms with Crippen LogP contribution in [-0.4, -0.2) is 85.9 Å². The maximum atomic E-state index is 11.9. The maximum absolute atomic E-state index is 11.9. The molecule has 3 aliphatic carbocycles. The van der Waals surface area contributed by atoms with Gasteiger partial charge in [-0.2, -0.15) is 0 Å². The van der Waals surface area contributed by atoms with Crippen LogP contribution in [0.5, 0.6) is 0 Å². The van der Waals surface area contributed by atoms with E-state index in [1.54, 1.807) is 0 Å². The average Bonchev–Trinajstić information content (AvgIpc) is 3.87. The highest BCUT2D eigenvalue weighted by Gasteiger charge is 2.51. The number of carbonyl (C=O) groups excluding carboxylic acids is 1. The molecule has 0 aromatic rings. The Morgan fingerprint density at radius 3 is 1.69 bits per heavy atom. The van der Waals surface area contributed by atoms with E-state index < -0.39 is 25.7 Å². The maximum Gasteiger partial charge on any atom is 0.192 e. The molecule has 3 spiro atoms. The number of aldehydes is 1. The highest BCUT2D eigenvalue weighted by molar-refractivity contribution is 6.74. The number of hydrogen-bond donors (Lipinski definition) is 1. The van der Waals surface area contributed by atoms with Crippen LogP contribution in [0.1, 0.15) is 164 Å². The molecule has 55 heavy (non-hydrogen) atoms. The molecule has 6 aliphatic rings. The molecule has 0 amide bonds. The monoisotopic (exact) mass is 791 g/mol. The van der Waals surface area contributed by atoms with Gasteiger partial charge in [-0.15, -0.1) is 0 Å². The largest absolute Gasteiger partial charge is 0.414 e. The van der Waals surface area contributed by atoms with E-state index in [2.05, 4.69) is 66.8 Å². The Labute approximate surface area is 334 Å². The third kappa shape index (κ3) is 10.9. The predicted molar refractivity (Wildman–Crippen MR) is 217 cm³/mol. The quantitative estimate of drug-likeness (QED) is 0.105. The number of ether oxygens (including phenoxy) is 6. The van der Waals surface area contributed by atoms with Crippen molar-refractivity contribution in [3.05, 3.63) is 12.2 Å². The average molecular weight is 791 g/mol. The summed E-state index contributed by atoms with van der Waals surface area (Å²) in [6, 6.07) is 0. The molecule has 6 rings (SSSR count). The molecule has 0 aromatic carbocycles. The van der Waals surface area contributed by atoms with Crippen LogP contribution in [0.4, 0.5) is 0 Å². The van der Waals surface area contributed by atoms with Gasteiger partial charge in [-0.1, -0.05) is 60.6 Å². The van der Waals surface area contributed by atoms with Crippen molar-refractivity contribution in [2.75, 3.05) is 0 Å². The standard InChI is InChI=1S/C45H78O9Si/c1-31(2)41(47)32(3)16-17-34-24-35(49-43(48-34)18-10-11-19-43)27-39(54-55(8,9)42(5,6)7)28-37-25-36(50-44(51-37)20-12-13-21-44)26-38-29-40(33(4)30-46)53-45(52-38)22-14-15-23-45/h16-17,30-41,47H,10-15,18-29H2,1-9H3/b17-16+/t32-,33-,34-,35-,36+,37+,38+,39+,40+,41-/m0/s1. The van der Waals surface area contributed by atoms with Gasteiger partial charge in [-0.05, 0) is 75.4 Å². The van der Waals surface area contributed by atoms with Crippen molar-refractivity contribution in [1.82, 2.24) is 0 Å². The van der Waals surface area contributed by atoms with Gasteiger partial charge in [0.15, 0.2) is 25.7 Å². The van der Waals surface area contributed by atoms with Crippen LogP contribution in [0.25, 0.3) is 0 Å². The molecule has 3 aliphatic heterocycles. The molecule has 3 heterocycles. The summed E-state index contributed by atoms with van der Waals surface area (Å²) in [4.78, 5) is 11.9. The van der Waals surface area contributed by atoms with Gasteiger partial charge in [0.25, 0.3) is 0 Å². The van der Waals surface area contributed by atoms with Crippen molar-refractivity contribution >= 4 is 14.6 Å². The molecule has 316 valence electrons. The van der Waals surface area contributed by atoms with E-state index in [-0.39, 0.29) is 71.6 Å². The van der Waals surface area contributed by atoms with Crippen LogP contribution in [0.2, 0.25) is 18.1 Å². The Kier molecular flexibility index (Phi) is 14.3. The van der Waals surface area contributed by atoms with E-state index in [0.717, 1.165) is 115 Å². The van der Waals surface area contributed by atoms with Crippen LogP contribution < -0.4 is 0 Å². The van der Waals surface area contributed by atoms with E-state index in [1.165, 1.54) is 0 Å². The Hall–Kier alpha value is -0.693. The minimum absolute atomic E-state index is 0.00195. The second-order valence-electron chi connectivity index (χ2n) is 20.5. The molecule has 0 unspecified atom stereocenters. The molecule has 6 fully saturated rings. The fraction of sp³-hybridized carbons (Fsp3) is 0.933. The fourth-order valence-corrected chi connectivity index (χ4v) is 11.6. The van der Waals surface area contributed by atoms with Crippen LogP contribution in [-0.2, 0) is 37.6 Å². The Bertz CT molecular complexity index is 1260. The molecule has 10 atom stereocenters. The first-order chi connectivity index (χ1) is 25.9. The van der Waals surface area contributed by atoms with Crippen molar-refractivity contribution in [1.29, 1.82) is 0 Å². The second kappa shape index (κ2) is 17.9. The molecule has 3 saturated carbocycles. The number of aliphatic hydroxyl groups excluding tert-OH is 1. The predicted octanol–water partition coefficient (Wildman–Crippen LogP) is 9.92. The lowest BCUT2D eigenvalue weighted by molar-refractivity contribution is -0.342. The third-order valence-electron chi connectivity index (χ3n) is 14.4. The van der Waals surface area contributed by atoms with Gasteiger partial charge < -0.3 is 42.7 Å². The van der Waals surface area contributed by atoms with E-state index in [4.69, 9.17) is 32.8 Å². The van der Waals surface area contributed by atoms with Gasteiger partial charge >= 0.3 is 0 Å². The first-order valence-corrected chi connectivity index (χ1v) is 25.4. The zero-order valence-corrected chi connectivity index (χ0v) is 37.0. The van der Waals surface area contributed by atoms with Crippen molar-refractivity contribution < 1.29 is 42.7 Å². The smallest absolute Gasteiger partial charge is 0.192 e. The molecule has 9 nitrogen and oxygen atoms in total. The lowest BCUT2D eigenvalue weighted by atomic mass is 9.91. The van der Waals surface area contributed by atoms with Gasteiger partial charge in [0, 0.05) is 82.1 Å². The summed E-state index contributed by atoms with van der Waals surface area (Å²) < 4.78 is 48.5. The third-order valence-corrected chi connectivity index (χ3v) is 18.9. The Morgan fingerprint density at radius 2 is 1.18 bits per heavy atom. The summed E-state index contributed by atoms with van der Waals surface area (Å²) in [5.74, 6) is -1.59. The molecular weight excluding hydrogens is 713 g/mol. The minimum Gasteiger partial charge on any atom is -0.414 e. The summed E-state index contributed by atoms with van der Waals surface area (Å²) >= 11 is 0. The van der Waals surface area contributed by atoms with Crippen molar-refractivity contribution in [2.45, 2.75) is 248 Å². The van der Waals surface area contributed by atoms with Crippen LogP contribution >= 0.6 is 0 Å². The van der Waals surface area contributed by atoms with Crippen molar-refractivity contribution in [3.8, 4) is 0 Å². The second-order valence-corrected chi connectivity index (χ2v) is 25.3. The van der Waals surface area contributed by atoms with Gasteiger partial charge in [-0.3, -0.25) is 0 Å². The van der Waals surface area contributed by atoms with Crippen LogP contribution in [0, 0.1) is 17.8 Å². The first-order valence-electron chi connectivity index (χ1n) is 22.5. The Morgan fingerprint density at radius 1 is 0.709 bits per heavy atom. The van der Waals surface area contributed by atoms with Gasteiger partial charge in [0.05, 0.1) is 42.7 Å². The number of rotatable bonds is 14. The molecule has 10 heteroatoms. The first kappa shape index (κ1) is 43.9. The highest BCUT2D eigenvalue weighted by atomic mass is 28.4. The molecule has 3 saturated heterocycles. The molecular formula is C45H78O9Si. The number of aliphatic hydroxyl groups is 1. The summed E-state index contributed by atoms with van der Waals surface area (Å²) in [6.45, 7) is 19.9. The lowest BCUT2D eigenvalue weighted by Gasteiger charge is -2.48. The fourth-order valence-electron chi connectivity index (χ4n) is 10.2. The zero-order valence-electron chi connectivity index (χ0n) is 36.0. The lowest BCUT2D eigenvalue weighted by Crippen LogP contribution is -2.53. The molecule has 1 N–H and O–H groups in total. The normalized spacial score (nSPS) is 34.5.